The van der Waals surface area contributed by atoms with Crippen molar-refractivity contribution < 1.29 is 28.7 Å². The molecule has 1 unspecified atom stereocenters. The topological polar surface area (TPSA) is 169 Å². The van der Waals surface area contributed by atoms with E-state index in [4.69, 9.17) is 26.1 Å². The lowest BCUT2D eigenvalue weighted by atomic mass is 9.85. The predicted molar refractivity (Wildman–Crippen MR) is 290 cm³/mol. The summed E-state index contributed by atoms with van der Waals surface area (Å²) in [4.78, 5) is 72.9. The van der Waals surface area contributed by atoms with Gasteiger partial charge in [-0.05, 0) is 106 Å². The van der Waals surface area contributed by atoms with E-state index in [1.807, 2.05) is 126 Å². The highest BCUT2D eigenvalue weighted by Gasteiger charge is 2.44. The number of hydrogen-bond acceptors (Lipinski definition) is 11. The number of hydrogen-bond donors (Lipinski definition) is 3. The molecule has 4 atom stereocenters. The van der Waals surface area contributed by atoms with Crippen molar-refractivity contribution in [2.75, 3.05) is 31.7 Å². The SMILES string of the molecule is Cc1ncsc1-c1ccc(CNC(=O)[C@@H]2C[C@@H](C)CN2C(=O)[C@@H](NC(=O)COCCCCCOc2cccc(NC(=O)CC3N=C(c4ccc(Cl)cc4)c4c(sc(C)c4C)-n4c3cnc4C)c2)C(C)(C)C)cc1. The highest BCUT2D eigenvalue weighted by molar-refractivity contribution is 7.15. The molecule has 0 saturated carbocycles. The van der Waals surface area contributed by atoms with Gasteiger partial charge in [-0.2, -0.15) is 0 Å². The number of fused-ring (bicyclic) bond motifs is 3. The zero-order valence-electron chi connectivity index (χ0n) is 42.8. The monoisotopic (exact) mass is 1040 g/mol. The fourth-order valence-corrected chi connectivity index (χ4v) is 11.5. The van der Waals surface area contributed by atoms with E-state index in [1.165, 1.54) is 4.88 Å². The summed E-state index contributed by atoms with van der Waals surface area (Å²) in [6.45, 7) is 17.3. The van der Waals surface area contributed by atoms with Gasteiger partial charge < -0.3 is 30.3 Å². The first kappa shape index (κ1) is 53.1. The summed E-state index contributed by atoms with van der Waals surface area (Å²) in [7, 11) is 0. The van der Waals surface area contributed by atoms with Crippen molar-refractivity contribution in [1.82, 2.24) is 30.1 Å². The van der Waals surface area contributed by atoms with Gasteiger partial charge in [0.1, 0.15) is 41.3 Å². The largest absolute Gasteiger partial charge is 0.494 e. The molecule has 384 valence electrons. The van der Waals surface area contributed by atoms with Crippen LogP contribution in [0.5, 0.6) is 5.75 Å². The van der Waals surface area contributed by atoms with E-state index in [0.717, 1.165) is 73.5 Å². The van der Waals surface area contributed by atoms with Crippen molar-refractivity contribution in [1.29, 1.82) is 0 Å². The number of rotatable bonds is 19. The number of aryl methyl sites for hydroxylation is 3. The Hall–Kier alpha value is -6.20. The van der Waals surface area contributed by atoms with Crippen LogP contribution < -0.4 is 20.7 Å². The first-order chi connectivity index (χ1) is 34.9. The van der Waals surface area contributed by atoms with Crippen LogP contribution in [0.3, 0.4) is 0 Å². The molecule has 17 heteroatoms. The minimum absolute atomic E-state index is 0.102. The fraction of sp³-hybridized carbons (Fsp3) is 0.411. The first-order valence-corrected chi connectivity index (χ1v) is 27.0. The third-order valence-electron chi connectivity index (χ3n) is 13.4. The van der Waals surface area contributed by atoms with Crippen molar-refractivity contribution in [3.05, 3.63) is 134 Å². The van der Waals surface area contributed by atoms with Crippen LogP contribution in [-0.2, 0) is 30.5 Å². The summed E-state index contributed by atoms with van der Waals surface area (Å²) in [5, 5.41) is 10.7. The van der Waals surface area contributed by atoms with Gasteiger partial charge in [0.25, 0.3) is 0 Å². The molecule has 0 aliphatic carbocycles. The van der Waals surface area contributed by atoms with Gasteiger partial charge in [0.05, 0.1) is 46.7 Å². The van der Waals surface area contributed by atoms with E-state index in [9.17, 15) is 19.2 Å². The number of benzene rings is 3. The minimum Gasteiger partial charge on any atom is -0.494 e. The third-order valence-corrected chi connectivity index (χ3v) is 15.8. The molecular formula is C56H65ClN8O6S2. The zero-order chi connectivity index (χ0) is 52.0. The molecule has 0 spiro atoms. The number of unbranched alkanes of at least 4 members (excludes halogenated alkanes) is 2. The summed E-state index contributed by atoms with van der Waals surface area (Å²) >= 11 is 9.58. The van der Waals surface area contributed by atoms with Gasteiger partial charge in [-0.25, -0.2) is 9.97 Å². The maximum atomic E-state index is 14.2. The van der Waals surface area contributed by atoms with E-state index in [0.29, 0.717) is 55.6 Å². The summed E-state index contributed by atoms with van der Waals surface area (Å²) in [6.07, 6.45) is 4.73. The Kier molecular flexibility index (Phi) is 17.0. The van der Waals surface area contributed by atoms with Crippen molar-refractivity contribution in [2.24, 2.45) is 16.3 Å². The number of thiazole rings is 1. The standard InChI is InChI=1S/C56H65ClN8O6S2/c1-33-25-45(53(68)59-28-38-15-17-40(18-16-38)51-35(3)60-32-72-51)64(30-33)54(69)52(56(6,7)8)63-48(67)31-70-23-10-9-11-24-71-43-14-12-13-42(26-43)61-47(66)27-44-46-29-58-37(5)65(46)55-49(34(2)36(4)73-55)50(62-44)39-19-21-41(57)22-20-39/h12-22,26,29,32-33,44-45,52H,9-11,23-25,27-28,30-31H2,1-8H3,(H,59,68)(H,61,66)(H,63,67)/t33-,44?,45+,52-/m1/s1. The van der Waals surface area contributed by atoms with Gasteiger partial charge in [-0.15, -0.1) is 22.7 Å². The van der Waals surface area contributed by atoms with Crippen LogP contribution in [0.2, 0.25) is 5.02 Å². The predicted octanol–water partition coefficient (Wildman–Crippen LogP) is 10.5. The molecule has 0 bridgehead atoms. The van der Waals surface area contributed by atoms with Gasteiger partial charge in [0, 0.05) is 52.5 Å². The van der Waals surface area contributed by atoms with E-state index >= 15 is 0 Å². The van der Waals surface area contributed by atoms with Gasteiger partial charge in [0.2, 0.25) is 23.6 Å². The number of nitrogens with zero attached hydrogens (tertiary/aromatic N) is 5. The molecule has 8 rings (SSSR count). The summed E-state index contributed by atoms with van der Waals surface area (Å²) in [5.74, 6) is 0.533. The zero-order valence-corrected chi connectivity index (χ0v) is 45.2. The second-order valence-electron chi connectivity index (χ2n) is 20.2. The molecule has 5 heterocycles. The lowest BCUT2D eigenvalue weighted by Gasteiger charge is -2.35. The van der Waals surface area contributed by atoms with E-state index in [2.05, 4.69) is 44.3 Å². The Morgan fingerprint density at radius 1 is 0.904 bits per heavy atom. The molecule has 1 saturated heterocycles. The Balaban J connectivity index is 0.769. The number of ether oxygens (including phenoxy) is 2. The molecule has 3 N–H and O–H groups in total. The highest BCUT2D eigenvalue weighted by Crippen LogP contribution is 2.41. The molecule has 3 aromatic carbocycles. The number of amides is 4. The van der Waals surface area contributed by atoms with Crippen LogP contribution in [0.15, 0.2) is 89.5 Å². The number of carbonyl (C=O) groups excluding carboxylic acids is 4. The Labute approximate surface area is 441 Å². The third kappa shape index (κ3) is 12.8. The van der Waals surface area contributed by atoms with Gasteiger partial charge >= 0.3 is 0 Å². The average molecular weight is 1050 g/mol. The summed E-state index contributed by atoms with van der Waals surface area (Å²) in [5.41, 5.74) is 9.65. The molecule has 2 aliphatic heterocycles. The molecule has 0 radical (unpaired) electrons. The van der Waals surface area contributed by atoms with E-state index < -0.39 is 23.5 Å². The number of thiophene rings is 1. The number of likely N-dealkylation sites (tertiary alicyclic amines) is 1. The minimum atomic E-state index is -0.848. The van der Waals surface area contributed by atoms with Gasteiger partial charge in [-0.3, -0.25) is 28.7 Å². The summed E-state index contributed by atoms with van der Waals surface area (Å²) < 4.78 is 14.0. The maximum absolute atomic E-state index is 14.2. The van der Waals surface area contributed by atoms with Crippen LogP contribution >= 0.6 is 34.3 Å². The van der Waals surface area contributed by atoms with Crippen LogP contribution in [0.4, 0.5) is 5.69 Å². The molecule has 3 aromatic heterocycles. The molecule has 14 nitrogen and oxygen atoms in total. The van der Waals surface area contributed by atoms with Crippen LogP contribution in [-0.4, -0.2) is 87.2 Å². The smallest absolute Gasteiger partial charge is 0.246 e. The van der Waals surface area contributed by atoms with Crippen LogP contribution in [0, 0.1) is 39.0 Å². The summed E-state index contributed by atoms with van der Waals surface area (Å²) in [6, 6.07) is 21.1. The number of aromatic nitrogens is 3. The number of nitrogens with one attached hydrogen (secondary N) is 3. The lowest BCUT2D eigenvalue weighted by molar-refractivity contribution is -0.144. The van der Waals surface area contributed by atoms with Crippen molar-refractivity contribution in [3.63, 3.8) is 0 Å². The maximum Gasteiger partial charge on any atom is 0.246 e. The Morgan fingerprint density at radius 3 is 2.37 bits per heavy atom. The number of carbonyl (C=O) groups is 4. The normalized spacial score (nSPS) is 16.8. The fourth-order valence-electron chi connectivity index (χ4n) is 9.37. The molecule has 4 amide bonds. The van der Waals surface area contributed by atoms with E-state index in [1.54, 1.807) is 27.6 Å². The Morgan fingerprint density at radius 2 is 1.64 bits per heavy atom. The number of imidazole rings is 1. The van der Waals surface area contributed by atoms with Crippen molar-refractivity contribution in [3.8, 4) is 21.2 Å². The van der Waals surface area contributed by atoms with Gasteiger partial charge in [-0.1, -0.05) is 81.8 Å². The molecular weight excluding hydrogens is 980 g/mol. The lowest BCUT2D eigenvalue weighted by Crippen LogP contribution is -2.58. The quantitative estimate of drug-likeness (QED) is 0.0674. The number of anilines is 1. The molecule has 2 aliphatic rings. The number of halogens is 1. The average Bonchev–Trinajstić information content (AvgIpc) is 4.13. The Bertz CT molecular complexity index is 2970. The van der Waals surface area contributed by atoms with Crippen molar-refractivity contribution >= 4 is 69.3 Å². The molecule has 1 fully saturated rings. The van der Waals surface area contributed by atoms with Gasteiger partial charge in [0.15, 0.2) is 0 Å². The van der Waals surface area contributed by atoms with E-state index in [-0.39, 0.29) is 42.6 Å². The molecule has 6 aromatic rings. The van der Waals surface area contributed by atoms with Crippen LogP contribution in [0.25, 0.3) is 15.4 Å². The first-order valence-electron chi connectivity index (χ1n) is 24.9. The highest BCUT2D eigenvalue weighted by atomic mass is 35.5. The van der Waals surface area contributed by atoms with Crippen molar-refractivity contribution in [2.45, 2.75) is 112 Å². The molecule has 73 heavy (non-hydrogen) atoms. The van der Waals surface area contributed by atoms with Crippen LogP contribution in [0.1, 0.15) is 110 Å². The second-order valence-corrected chi connectivity index (χ2v) is 22.7. The number of aliphatic imine (C=N–C) groups is 1. The second kappa shape index (κ2) is 23.3.